The van der Waals surface area contributed by atoms with Gasteiger partial charge in [0.2, 0.25) is 11.8 Å². The lowest BCUT2D eigenvalue weighted by Crippen LogP contribution is -2.64. The molecule has 4 atom stereocenters. The lowest BCUT2D eigenvalue weighted by atomic mass is 9.42. The van der Waals surface area contributed by atoms with Crippen molar-refractivity contribution in [1.82, 2.24) is 9.80 Å². The van der Waals surface area contributed by atoms with Gasteiger partial charge in [-0.3, -0.25) is 9.59 Å². The second-order valence-corrected chi connectivity index (χ2v) is 11.6. The molecule has 0 spiro atoms. The van der Waals surface area contributed by atoms with Gasteiger partial charge in [0.1, 0.15) is 0 Å². The summed E-state index contributed by atoms with van der Waals surface area (Å²) in [6.45, 7) is 4.19. The Morgan fingerprint density at radius 2 is 1.78 bits per heavy atom. The Hall–Kier alpha value is -1.88. The van der Waals surface area contributed by atoms with Crippen molar-refractivity contribution in [2.75, 3.05) is 20.1 Å². The lowest BCUT2D eigenvalue weighted by Gasteiger charge is -2.65. The molecule has 4 bridgehead atoms. The van der Waals surface area contributed by atoms with Crippen molar-refractivity contribution >= 4 is 11.8 Å². The van der Waals surface area contributed by atoms with Crippen molar-refractivity contribution in [3.63, 3.8) is 0 Å². The summed E-state index contributed by atoms with van der Waals surface area (Å²) in [6, 6.07) is 10.1. The first-order chi connectivity index (χ1) is 15.3. The van der Waals surface area contributed by atoms with Crippen LogP contribution in [0.5, 0.6) is 0 Å². The quantitative estimate of drug-likeness (QED) is 0.756. The predicted molar refractivity (Wildman–Crippen MR) is 124 cm³/mol. The van der Waals surface area contributed by atoms with Gasteiger partial charge >= 0.3 is 0 Å². The SMILES string of the molecule is CCC12CC3CC(O)(C1)CC(C(=O)N1CCC(C(=O)N(C)Cc4ccccc4)CC1)(C3)C2. The number of benzene rings is 1. The van der Waals surface area contributed by atoms with Gasteiger partial charge in [-0.1, -0.05) is 43.7 Å². The summed E-state index contributed by atoms with van der Waals surface area (Å²) < 4.78 is 0. The van der Waals surface area contributed by atoms with Gasteiger partial charge in [-0.25, -0.2) is 0 Å². The van der Waals surface area contributed by atoms with Crippen LogP contribution in [0.25, 0.3) is 0 Å². The molecule has 6 rings (SSSR count). The number of carbonyl (C=O) groups excluding carboxylic acids is 2. The fraction of sp³-hybridized carbons (Fsp3) is 0.704. The van der Waals surface area contributed by atoms with Crippen LogP contribution in [0.3, 0.4) is 0 Å². The van der Waals surface area contributed by atoms with Crippen molar-refractivity contribution in [3.8, 4) is 0 Å². The van der Waals surface area contributed by atoms with E-state index in [9.17, 15) is 14.7 Å². The molecule has 5 nitrogen and oxygen atoms in total. The standard InChI is InChI=1S/C27H38N2O3/c1-3-25-13-21-14-26(17-25,19-27(32,15-21)18-25)24(31)29-11-9-22(10-12-29)23(30)28(2)16-20-7-5-4-6-8-20/h4-8,21-22,32H,3,9-19H2,1-2H3. The highest BCUT2D eigenvalue weighted by Gasteiger charge is 2.65. The van der Waals surface area contributed by atoms with Crippen molar-refractivity contribution in [1.29, 1.82) is 0 Å². The van der Waals surface area contributed by atoms with Crippen molar-refractivity contribution in [2.45, 2.75) is 76.9 Å². The Morgan fingerprint density at radius 3 is 2.44 bits per heavy atom. The fourth-order valence-electron chi connectivity index (χ4n) is 8.13. The van der Waals surface area contributed by atoms with Gasteiger partial charge < -0.3 is 14.9 Å². The molecule has 5 fully saturated rings. The van der Waals surface area contributed by atoms with E-state index in [1.54, 1.807) is 0 Å². The minimum absolute atomic E-state index is 0.00436. The molecule has 0 aromatic heterocycles. The minimum atomic E-state index is -0.639. The van der Waals surface area contributed by atoms with Gasteiger partial charge in [0.15, 0.2) is 0 Å². The molecule has 5 heteroatoms. The third-order valence-corrected chi connectivity index (χ3v) is 9.13. The van der Waals surface area contributed by atoms with Gasteiger partial charge in [0.25, 0.3) is 0 Å². The zero-order chi connectivity index (χ0) is 22.6. The van der Waals surface area contributed by atoms with E-state index >= 15 is 0 Å². The highest BCUT2D eigenvalue weighted by atomic mass is 16.3. The van der Waals surface area contributed by atoms with Crippen molar-refractivity contribution in [3.05, 3.63) is 35.9 Å². The lowest BCUT2D eigenvalue weighted by molar-refractivity contribution is -0.210. The van der Waals surface area contributed by atoms with Crippen LogP contribution in [0, 0.1) is 22.7 Å². The van der Waals surface area contributed by atoms with E-state index in [-0.39, 0.29) is 28.6 Å². The van der Waals surface area contributed by atoms with Crippen LogP contribution in [0.15, 0.2) is 30.3 Å². The largest absolute Gasteiger partial charge is 0.390 e. The number of amides is 2. The molecule has 5 aliphatic rings. The van der Waals surface area contributed by atoms with E-state index in [1.807, 2.05) is 47.2 Å². The summed E-state index contributed by atoms with van der Waals surface area (Å²) in [7, 11) is 1.88. The number of piperidine rings is 1. The van der Waals surface area contributed by atoms with E-state index in [2.05, 4.69) is 6.92 Å². The first-order valence-electron chi connectivity index (χ1n) is 12.6. The molecular formula is C27H38N2O3. The van der Waals surface area contributed by atoms with E-state index in [4.69, 9.17) is 0 Å². The highest BCUT2D eigenvalue weighted by molar-refractivity contribution is 5.84. The summed E-state index contributed by atoms with van der Waals surface area (Å²) in [5, 5.41) is 11.3. The first kappa shape index (κ1) is 21.9. The number of likely N-dealkylation sites (tertiary alicyclic amines) is 1. The van der Waals surface area contributed by atoms with Crippen LogP contribution in [0.4, 0.5) is 0 Å². The molecule has 1 aromatic rings. The molecule has 174 valence electrons. The normalized spacial score (nSPS) is 36.3. The molecule has 1 aromatic carbocycles. The number of rotatable bonds is 5. The topological polar surface area (TPSA) is 60.9 Å². The summed E-state index contributed by atoms with van der Waals surface area (Å²) >= 11 is 0. The number of hydrogen-bond donors (Lipinski definition) is 1. The van der Waals surface area contributed by atoms with E-state index in [1.165, 1.54) is 6.42 Å². The zero-order valence-corrected chi connectivity index (χ0v) is 19.7. The van der Waals surface area contributed by atoms with Crippen LogP contribution < -0.4 is 0 Å². The Kier molecular flexibility index (Phi) is 5.39. The van der Waals surface area contributed by atoms with E-state index in [0.717, 1.165) is 50.5 Å². The average Bonchev–Trinajstić information content (AvgIpc) is 2.77. The molecule has 1 heterocycles. The predicted octanol–water partition coefficient (Wildman–Crippen LogP) is 4.00. The summed E-state index contributed by atoms with van der Waals surface area (Å²) in [4.78, 5) is 30.7. The number of nitrogens with zero attached hydrogens (tertiary/aromatic N) is 2. The third kappa shape index (κ3) is 3.76. The van der Waals surface area contributed by atoms with Gasteiger partial charge in [-0.2, -0.15) is 0 Å². The van der Waals surface area contributed by atoms with Crippen LogP contribution in [0.1, 0.15) is 70.3 Å². The molecule has 4 saturated carbocycles. The van der Waals surface area contributed by atoms with Gasteiger partial charge in [-0.15, -0.1) is 0 Å². The first-order valence-corrected chi connectivity index (χ1v) is 12.6. The molecule has 1 aliphatic heterocycles. The molecule has 1 saturated heterocycles. The molecule has 32 heavy (non-hydrogen) atoms. The van der Waals surface area contributed by atoms with Gasteiger partial charge in [0.05, 0.1) is 11.0 Å². The Labute approximate surface area is 192 Å². The summed E-state index contributed by atoms with van der Waals surface area (Å²) in [6.07, 6.45) is 8.05. The molecular weight excluding hydrogens is 400 g/mol. The van der Waals surface area contributed by atoms with Crippen LogP contribution in [0.2, 0.25) is 0 Å². The van der Waals surface area contributed by atoms with Gasteiger partial charge in [-0.05, 0) is 68.3 Å². The maximum Gasteiger partial charge on any atom is 0.228 e. The monoisotopic (exact) mass is 438 g/mol. The molecule has 0 radical (unpaired) electrons. The molecule has 1 N–H and O–H groups in total. The summed E-state index contributed by atoms with van der Waals surface area (Å²) in [5.41, 5.74) is 0.281. The highest BCUT2D eigenvalue weighted by Crippen LogP contribution is 2.68. The molecule has 4 unspecified atom stereocenters. The van der Waals surface area contributed by atoms with Crippen LogP contribution in [-0.4, -0.2) is 52.5 Å². The summed E-state index contributed by atoms with van der Waals surface area (Å²) in [5.74, 6) is 0.942. The van der Waals surface area contributed by atoms with Crippen molar-refractivity contribution < 1.29 is 14.7 Å². The van der Waals surface area contributed by atoms with E-state index in [0.29, 0.717) is 32.0 Å². The Balaban J connectivity index is 1.22. The molecule has 4 aliphatic carbocycles. The maximum atomic E-state index is 13.8. The van der Waals surface area contributed by atoms with Crippen LogP contribution >= 0.6 is 0 Å². The number of hydrogen-bond acceptors (Lipinski definition) is 3. The Bertz CT molecular complexity index is 880. The second kappa shape index (κ2) is 7.86. The smallest absolute Gasteiger partial charge is 0.228 e. The van der Waals surface area contributed by atoms with Crippen molar-refractivity contribution in [2.24, 2.45) is 22.7 Å². The van der Waals surface area contributed by atoms with E-state index < -0.39 is 5.60 Å². The van der Waals surface area contributed by atoms with Crippen LogP contribution in [-0.2, 0) is 16.1 Å². The maximum absolute atomic E-state index is 13.8. The third-order valence-electron chi connectivity index (χ3n) is 9.13. The number of aliphatic hydroxyl groups is 1. The second-order valence-electron chi connectivity index (χ2n) is 11.6. The fourth-order valence-corrected chi connectivity index (χ4v) is 8.13. The Morgan fingerprint density at radius 1 is 1.06 bits per heavy atom. The average molecular weight is 439 g/mol. The number of carbonyl (C=O) groups is 2. The van der Waals surface area contributed by atoms with Gasteiger partial charge in [0, 0.05) is 32.6 Å². The minimum Gasteiger partial charge on any atom is -0.390 e. The zero-order valence-electron chi connectivity index (χ0n) is 19.7. The molecule has 2 amide bonds.